The Bertz CT molecular complexity index is 804. The number of amides is 2. The summed E-state index contributed by atoms with van der Waals surface area (Å²) >= 11 is 0. The Kier molecular flexibility index (Phi) is 4.59. The number of halogens is 2. The second kappa shape index (κ2) is 6.83. The normalized spacial score (nSPS) is 14.1. The number of urea groups is 1. The molecule has 1 saturated heterocycles. The number of likely N-dealkylation sites (tertiary alicyclic amines) is 1. The summed E-state index contributed by atoms with van der Waals surface area (Å²) in [6, 6.07) is 2.26. The van der Waals surface area contributed by atoms with Crippen molar-refractivity contribution in [3.63, 3.8) is 0 Å². The zero-order chi connectivity index (χ0) is 18.0. The monoisotopic (exact) mass is 351 g/mol. The van der Waals surface area contributed by atoms with E-state index < -0.39 is 23.6 Å². The fourth-order valence-corrected chi connectivity index (χ4v) is 2.33. The molecule has 2 amide bonds. The van der Waals surface area contributed by atoms with Gasteiger partial charge in [0.1, 0.15) is 11.6 Å². The number of anilines is 1. The quantitative estimate of drug-likeness (QED) is 0.849. The van der Waals surface area contributed by atoms with Gasteiger partial charge in [-0.3, -0.25) is 0 Å². The number of esters is 1. The number of carbonyl (C=O) groups excluding carboxylic acids is 2. The molecule has 3 rings (SSSR count). The standard InChI is InChI=1S/C15H15F2N5O3/c1-2-25-14(23)13-8-22(20-19-13)10-6-21(7-10)15(24)18-12-4-3-9(16)5-11(12)17/h3-5,8,10H,2,6-7H2,1H3,(H,18,24). The van der Waals surface area contributed by atoms with E-state index in [0.717, 1.165) is 12.1 Å². The first kappa shape index (κ1) is 16.8. The topological polar surface area (TPSA) is 89.4 Å². The second-order valence-electron chi connectivity index (χ2n) is 5.42. The second-order valence-corrected chi connectivity index (χ2v) is 5.42. The van der Waals surface area contributed by atoms with E-state index in [-0.39, 0.29) is 24.0 Å². The van der Waals surface area contributed by atoms with Crippen molar-refractivity contribution < 1.29 is 23.1 Å². The van der Waals surface area contributed by atoms with Crippen molar-refractivity contribution in [2.24, 2.45) is 0 Å². The summed E-state index contributed by atoms with van der Waals surface area (Å²) in [6.07, 6.45) is 1.46. The Hall–Kier alpha value is -3.04. The van der Waals surface area contributed by atoms with Gasteiger partial charge < -0.3 is 15.0 Å². The highest BCUT2D eigenvalue weighted by molar-refractivity contribution is 5.90. The molecule has 0 radical (unpaired) electrons. The van der Waals surface area contributed by atoms with Crippen molar-refractivity contribution >= 4 is 17.7 Å². The molecular weight excluding hydrogens is 336 g/mol. The number of hydrogen-bond acceptors (Lipinski definition) is 5. The van der Waals surface area contributed by atoms with E-state index >= 15 is 0 Å². The number of nitrogens with one attached hydrogen (secondary N) is 1. The van der Waals surface area contributed by atoms with Gasteiger partial charge in [0.15, 0.2) is 5.69 Å². The highest BCUT2D eigenvalue weighted by atomic mass is 19.1. The third-order valence-corrected chi connectivity index (χ3v) is 3.69. The van der Waals surface area contributed by atoms with Crippen LogP contribution in [0.3, 0.4) is 0 Å². The van der Waals surface area contributed by atoms with Crippen molar-refractivity contribution in [2.45, 2.75) is 13.0 Å². The van der Waals surface area contributed by atoms with Gasteiger partial charge in [-0.15, -0.1) is 5.10 Å². The maximum absolute atomic E-state index is 13.5. The predicted molar refractivity (Wildman–Crippen MR) is 82.0 cm³/mol. The molecule has 1 N–H and O–H groups in total. The average molecular weight is 351 g/mol. The number of ether oxygens (including phenoxy) is 1. The van der Waals surface area contributed by atoms with Crippen LogP contribution in [0.25, 0.3) is 0 Å². The molecule has 0 atom stereocenters. The lowest BCUT2D eigenvalue weighted by Gasteiger charge is -2.38. The van der Waals surface area contributed by atoms with Crippen molar-refractivity contribution in [3.05, 3.63) is 41.7 Å². The van der Waals surface area contributed by atoms with Gasteiger partial charge in [-0.05, 0) is 19.1 Å². The zero-order valence-corrected chi connectivity index (χ0v) is 13.3. The number of nitrogens with zero attached hydrogens (tertiary/aromatic N) is 4. The molecule has 25 heavy (non-hydrogen) atoms. The van der Waals surface area contributed by atoms with E-state index in [4.69, 9.17) is 4.74 Å². The van der Waals surface area contributed by atoms with Crippen LogP contribution in [0.2, 0.25) is 0 Å². The van der Waals surface area contributed by atoms with Crippen LogP contribution in [0.5, 0.6) is 0 Å². The van der Waals surface area contributed by atoms with Gasteiger partial charge in [-0.25, -0.2) is 23.1 Å². The number of aromatic nitrogens is 3. The Morgan fingerprint density at radius 3 is 2.80 bits per heavy atom. The van der Waals surface area contributed by atoms with Crippen LogP contribution < -0.4 is 5.32 Å². The van der Waals surface area contributed by atoms with E-state index in [1.165, 1.54) is 15.8 Å². The average Bonchev–Trinajstić information content (AvgIpc) is 2.98. The van der Waals surface area contributed by atoms with E-state index in [1.807, 2.05) is 0 Å². The van der Waals surface area contributed by atoms with E-state index in [9.17, 15) is 18.4 Å². The van der Waals surface area contributed by atoms with Gasteiger partial charge >= 0.3 is 12.0 Å². The van der Waals surface area contributed by atoms with Crippen LogP contribution >= 0.6 is 0 Å². The summed E-state index contributed by atoms with van der Waals surface area (Å²) in [4.78, 5) is 25.0. The Morgan fingerprint density at radius 1 is 1.36 bits per heavy atom. The number of rotatable bonds is 4. The first-order chi connectivity index (χ1) is 12.0. The minimum Gasteiger partial charge on any atom is -0.461 e. The van der Waals surface area contributed by atoms with Gasteiger partial charge in [0.2, 0.25) is 0 Å². The van der Waals surface area contributed by atoms with Crippen LogP contribution in [0.1, 0.15) is 23.5 Å². The van der Waals surface area contributed by atoms with E-state index in [2.05, 4.69) is 15.6 Å². The predicted octanol–water partition coefficient (Wildman–Crippen LogP) is 1.82. The van der Waals surface area contributed by atoms with Gasteiger partial charge in [0.05, 0.1) is 24.5 Å². The molecule has 8 nitrogen and oxygen atoms in total. The fraction of sp³-hybridized carbons (Fsp3) is 0.333. The summed E-state index contributed by atoms with van der Waals surface area (Å²) in [5, 5.41) is 9.96. The summed E-state index contributed by atoms with van der Waals surface area (Å²) in [7, 11) is 0. The van der Waals surface area contributed by atoms with Crippen LogP contribution in [0.15, 0.2) is 24.4 Å². The van der Waals surface area contributed by atoms with Crippen molar-refractivity contribution in [2.75, 3.05) is 25.0 Å². The van der Waals surface area contributed by atoms with Crippen LogP contribution in [0.4, 0.5) is 19.3 Å². The molecule has 1 aliphatic rings. The van der Waals surface area contributed by atoms with Crippen LogP contribution in [0, 0.1) is 11.6 Å². The summed E-state index contributed by atoms with van der Waals surface area (Å²) < 4.78 is 32.7. The molecule has 1 fully saturated rings. The highest BCUT2D eigenvalue weighted by Crippen LogP contribution is 2.22. The smallest absolute Gasteiger partial charge is 0.360 e. The van der Waals surface area contributed by atoms with Gasteiger partial charge in [0.25, 0.3) is 0 Å². The van der Waals surface area contributed by atoms with Crippen LogP contribution in [-0.2, 0) is 4.74 Å². The fourth-order valence-electron chi connectivity index (χ4n) is 2.33. The molecule has 0 bridgehead atoms. The third kappa shape index (κ3) is 3.57. The lowest BCUT2D eigenvalue weighted by Crippen LogP contribution is -2.52. The molecule has 0 aliphatic carbocycles. The molecule has 1 aromatic carbocycles. The Labute approximate surface area is 141 Å². The first-order valence-corrected chi connectivity index (χ1v) is 7.58. The molecule has 0 saturated carbocycles. The van der Waals surface area contributed by atoms with Crippen LogP contribution in [-0.4, -0.2) is 51.6 Å². The number of benzene rings is 1. The molecule has 0 unspecified atom stereocenters. The van der Waals surface area contributed by atoms with Gasteiger partial charge in [0, 0.05) is 19.2 Å². The highest BCUT2D eigenvalue weighted by Gasteiger charge is 2.33. The minimum absolute atomic E-state index is 0.0955. The number of hydrogen-bond donors (Lipinski definition) is 1. The number of carbonyl (C=O) groups is 2. The maximum atomic E-state index is 13.5. The molecule has 0 spiro atoms. The van der Waals surface area contributed by atoms with Crippen molar-refractivity contribution in [1.82, 2.24) is 19.9 Å². The molecule has 10 heteroatoms. The molecule has 1 aliphatic heterocycles. The largest absolute Gasteiger partial charge is 0.461 e. The molecule has 2 aromatic rings. The van der Waals surface area contributed by atoms with Gasteiger partial charge in [-0.1, -0.05) is 5.21 Å². The third-order valence-electron chi connectivity index (χ3n) is 3.69. The van der Waals surface area contributed by atoms with Crippen molar-refractivity contribution in [3.8, 4) is 0 Å². The molecule has 2 heterocycles. The lowest BCUT2D eigenvalue weighted by molar-refractivity contribution is 0.0519. The summed E-state index contributed by atoms with van der Waals surface area (Å²) in [5.74, 6) is -2.13. The Morgan fingerprint density at radius 2 is 2.12 bits per heavy atom. The maximum Gasteiger partial charge on any atom is 0.360 e. The van der Waals surface area contributed by atoms with E-state index in [0.29, 0.717) is 19.2 Å². The Balaban J connectivity index is 1.55. The first-order valence-electron chi connectivity index (χ1n) is 7.58. The summed E-state index contributed by atoms with van der Waals surface area (Å²) in [5.41, 5.74) is -0.00154. The molecule has 132 valence electrons. The van der Waals surface area contributed by atoms with E-state index in [1.54, 1.807) is 6.92 Å². The van der Waals surface area contributed by atoms with Gasteiger partial charge in [-0.2, -0.15) is 0 Å². The SMILES string of the molecule is CCOC(=O)c1cn(C2CN(C(=O)Nc3ccc(F)cc3F)C2)nn1. The zero-order valence-electron chi connectivity index (χ0n) is 13.3. The lowest BCUT2D eigenvalue weighted by atomic mass is 10.1. The molecule has 1 aromatic heterocycles. The van der Waals surface area contributed by atoms with Crippen molar-refractivity contribution in [1.29, 1.82) is 0 Å². The minimum atomic E-state index is -0.847. The summed E-state index contributed by atoms with van der Waals surface area (Å²) in [6.45, 7) is 2.57. The molecular formula is C15H15F2N5O3.